The Hall–Kier alpha value is -2.33. The third-order valence-electron chi connectivity index (χ3n) is 4.15. The molecule has 1 amide bonds. The van der Waals surface area contributed by atoms with Gasteiger partial charge in [0.2, 0.25) is 5.91 Å². The number of carbonyl (C=O) groups excluding carboxylic acids is 1. The number of amides is 1. The van der Waals surface area contributed by atoms with E-state index in [4.69, 9.17) is 4.98 Å². The molecule has 25 heavy (non-hydrogen) atoms. The molecule has 0 unspecified atom stereocenters. The summed E-state index contributed by atoms with van der Waals surface area (Å²) in [6.07, 6.45) is 0.902. The number of aryl methyl sites for hydroxylation is 3. The van der Waals surface area contributed by atoms with E-state index < -0.39 is 0 Å². The largest absolute Gasteiger partial charge is 0.325 e. The van der Waals surface area contributed by atoms with Crippen molar-refractivity contribution < 1.29 is 4.79 Å². The van der Waals surface area contributed by atoms with Crippen molar-refractivity contribution >= 4 is 34.3 Å². The third-order valence-corrected chi connectivity index (χ3v) is 5.18. The highest BCUT2D eigenvalue weighted by molar-refractivity contribution is 8.00. The van der Waals surface area contributed by atoms with E-state index in [1.54, 1.807) is 0 Å². The van der Waals surface area contributed by atoms with Gasteiger partial charge in [-0.2, -0.15) is 0 Å². The number of nitrogens with one attached hydrogen (secondary N) is 1. The molecule has 0 radical (unpaired) electrons. The van der Waals surface area contributed by atoms with E-state index in [0.717, 1.165) is 39.2 Å². The number of para-hydroxylation sites is 1. The number of fused-ring (bicyclic) bond motifs is 1. The van der Waals surface area contributed by atoms with Gasteiger partial charge in [0.1, 0.15) is 5.03 Å². The Morgan fingerprint density at radius 1 is 1.12 bits per heavy atom. The summed E-state index contributed by atoms with van der Waals surface area (Å²) in [6, 6.07) is 16.3. The van der Waals surface area contributed by atoms with Gasteiger partial charge in [-0.25, -0.2) is 4.98 Å². The first-order valence-electron chi connectivity index (χ1n) is 8.45. The minimum absolute atomic E-state index is 0.00397. The normalized spacial score (nSPS) is 10.8. The summed E-state index contributed by atoms with van der Waals surface area (Å²) in [5.74, 6) is 0.349. The molecule has 3 nitrogen and oxygen atoms in total. The van der Waals surface area contributed by atoms with Crippen LogP contribution in [0.25, 0.3) is 10.9 Å². The number of benzene rings is 2. The summed E-state index contributed by atoms with van der Waals surface area (Å²) in [6.45, 7) is 6.14. The number of hydrogen-bond acceptors (Lipinski definition) is 3. The van der Waals surface area contributed by atoms with Crippen LogP contribution in [0.2, 0.25) is 0 Å². The van der Waals surface area contributed by atoms with E-state index >= 15 is 0 Å². The summed E-state index contributed by atoms with van der Waals surface area (Å²) in [5, 5.41) is 5.09. The van der Waals surface area contributed by atoms with Crippen LogP contribution < -0.4 is 5.32 Å². The Kier molecular flexibility index (Phi) is 5.39. The van der Waals surface area contributed by atoms with Crippen molar-refractivity contribution in [3.63, 3.8) is 0 Å². The number of hydrogen-bond donors (Lipinski definition) is 1. The maximum absolute atomic E-state index is 12.4. The van der Waals surface area contributed by atoms with Crippen LogP contribution in [0.4, 0.5) is 5.69 Å². The van der Waals surface area contributed by atoms with Gasteiger partial charge in [0.05, 0.1) is 11.3 Å². The third kappa shape index (κ3) is 4.20. The Morgan fingerprint density at radius 2 is 1.92 bits per heavy atom. The number of anilines is 1. The van der Waals surface area contributed by atoms with Crippen molar-refractivity contribution in [2.45, 2.75) is 32.2 Å². The minimum atomic E-state index is -0.00397. The average Bonchev–Trinajstić information content (AvgIpc) is 2.62. The quantitative estimate of drug-likeness (QED) is 0.648. The van der Waals surface area contributed by atoms with Crippen LogP contribution in [0.1, 0.15) is 23.6 Å². The Balaban J connectivity index is 1.73. The summed E-state index contributed by atoms with van der Waals surface area (Å²) < 4.78 is 0. The van der Waals surface area contributed by atoms with Crippen LogP contribution >= 0.6 is 11.8 Å². The lowest BCUT2D eigenvalue weighted by molar-refractivity contribution is -0.113. The zero-order valence-corrected chi connectivity index (χ0v) is 15.6. The molecule has 1 heterocycles. The van der Waals surface area contributed by atoms with Crippen molar-refractivity contribution in [3.05, 3.63) is 65.2 Å². The SMILES string of the molecule is CCc1cc2ccccc2nc1SCC(=O)Nc1cc(C)ccc1C. The zero-order chi connectivity index (χ0) is 17.8. The predicted molar refractivity (Wildman–Crippen MR) is 106 cm³/mol. The highest BCUT2D eigenvalue weighted by Gasteiger charge is 2.10. The van der Waals surface area contributed by atoms with Gasteiger partial charge in [-0.1, -0.05) is 49.0 Å². The van der Waals surface area contributed by atoms with E-state index in [2.05, 4.69) is 24.4 Å². The predicted octanol–water partition coefficient (Wildman–Crippen LogP) is 5.14. The molecule has 0 aliphatic carbocycles. The van der Waals surface area contributed by atoms with Crippen molar-refractivity contribution in [1.82, 2.24) is 4.98 Å². The van der Waals surface area contributed by atoms with Crippen molar-refractivity contribution in [3.8, 4) is 0 Å². The molecule has 1 aromatic heterocycles. The molecular formula is C21H22N2OS. The topological polar surface area (TPSA) is 42.0 Å². The second kappa shape index (κ2) is 7.70. The Morgan fingerprint density at radius 3 is 2.72 bits per heavy atom. The lowest BCUT2D eigenvalue weighted by Crippen LogP contribution is -2.15. The van der Waals surface area contributed by atoms with Gasteiger partial charge in [0.15, 0.2) is 0 Å². The van der Waals surface area contributed by atoms with Crippen LogP contribution in [-0.2, 0) is 11.2 Å². The first-order chi connectivity index (χ1) is 12.1. The molecule has 0 aliphatic rings. The van der Waals surface area contributed by atoms with Crippen molar-refractivity contribution in [1.29, 1.82) is 0 Å². The zero-order valence-electron chi connectivity index (χ0n) is 14.8. The fourth-order valence-electron chi connectivity index (χ4n) is 2.71. The van der Waals surface area contributed by atoms with E-state index in [-0.39, 0.29) is 5.91 Å². The van der Waals surface area contributed by atoms with Crippen LogP contribution in [0.3, 0.4) is 0 Å². The lowest BCUT2D eigenvalue weighted by Gasteiger charge is -2.11. The van der Waals surface area contributed by atoms with Crippen LogP contribution in [0, 0.1) is 13.8 Å². The number of nitrogens with zero attached hydrogens (tertiary/aromatic N) is 1. The highest BCUT2D eigenvalue weighted by atomic mass is 32.2. The number of thioether (sulfide) groups is 1. The molecular weight excluding hydrogens is 328 g/mol. The smallest absolute Gasteiger partial charge is 0.234 e. The number of pyridine rings is 1. The molecule has 0 saturated heterocycles. The van der Waals surface area contributed by atoms with Crippen molar-refractivity contribution in [2.75, 3.05) is 11.1 Å². The first kappa shape index (κ1) is 17.5. The fraction of sp³-hybridized carbons (Fsp3) is 0.238. The standard InChI is InChI=1S/C21H22N2OS/c1-4-16-12-17-7-5-6-8-18(17)23-21(16)25-13-20(24)22-19-11-14(2)9-10-15(19)3/h5-12H,4,13H2,1-3H3,(H,22,24). The van der Waals surface area contributed by atoms with Crippen LogP contribution in [0.5, 0.6) is 0 Å². The van der Waals surface area contributed by atoms with E-state index in [1.807, 2.05) is 50.2 Å². The van der Waals surface area contributed by atoms with E-state index in [9.17, 15) is 4.79 Å². The monoisotopic (exact) mass is 350 g/mol. The number of carbonyl (C=O) groups is 1. The summed E-state index contributed by atoms with van der Waals surface area (Å²) >= 11 is 1.50. The van der Waals surface area contributed by atoms with Gasteiger partial charge in [0.25, 0.3) is 0 Å². The number of rotatable bonds is 5. The minimum Gasteiger partial charge on any atom is -0.325 e. The summed E-state index contributed by atoms with van der Waals surface area (Å²) in [4.78, 5) is 17.1. The first-order valence-corrected chi connectivity index (χ1v) is 9.44. The van der Waals surface area contributed by atoms with Gasteiger partial charge in [-0.05, 0) is 55.2 Å². The van der Waals surface area contributed by atoms with Gasteiger partial charge in [-0.3, -0.25) is 4.79 Å². The summed E-state index contributed by atoms with van der Waals surface area (Å²) in [7, 11) is 0. The second-order valence-electron chi connectivity index (χ2n) is 6.15. The fourth-order valence-corrected chi connectivity index (χ4v) is 3.60. The molecule has 2 aromatic carbocycles. The molecule has 3 rings (SSSR count). The molecule has 4 heteroatoms. The molecule has 3 aromatic rings. The Labute approximate surface area is 152 Å². The molecule has 0 atom stereocenters. The van der Waals surface area contributed by atoms with Gasteiger partial charge < -0.3 is 5.32 Å². The molecule has 128 valence electrons. The molecule has 0 fully saturated rings. The molecule has 0 bridgehead atoms. The van der Waals surface area contributed by atoms with Crippen molar-refractivity contribution in [2.24, 2.45) is 0 Å². The summed E-state index contributed by atoms with van der Waals surface area (Å²) in [5.41, 5.74) is 5.24. The maximum Gasteiger partial charge on any atom is 0.234 e. The lowest BCUT2D eigenvalue weighted by atomic mass is 10.1. The van der Waals surface area contributed by atoms with Gasteiger partial charge in [0, 0.05) is 11.1 Å². The number of aromatic nitrogens is 1. The van der Waals surface area contributed by atoms with Gasteiger partial charge >= 0.3 is 0 Å². The highest BCUT2D eigenvalue weighted by Crippen LogP contribution is 2.26. The second-order valence-corrected chi connectivity index (χ2v) is 7.12. The van der Waals surface area contributed by atoms with Gasteiger partial charge in [-0.15, -0.1) is 0 Å². The molecule has 0 saturated carbocycles. The van der Waals surface area contributed by atoms with E-state index in [1.165, 1.54) is 17.3 Å². The Bertz CT molecular complexity index is 921. The molecule has 0 spiro atoms. The maximum atomic E-state index is 12.4. The van der Waals surface area contributed by atoms with E-state index in [0.29, 0.717) is 5.75 Å². The average molecular weight is 350 g/mol. The molecule has 1 N–H and O–H groups in total. The molecule has 0 aliphatic heterocycles. The van der Waals surface area contributed by atoms with Crippen LogP contribution in [0.15, 0.2) is 53.6 Å². The van der Waals surface area contributed by atoms with Crippen LogP contribution in [-0.4, -0.2) is 16.6 Å².